The number of carbonyl (C=O) groups excluding carboxylic acids is 2. The molecule has 9 heteroatoms. The second kappa shape index (κ2) is 6.84. The van der Waals surface area contributed by atoms with Crippen LogP contribution >= 0.6 is 0 Å². The summed E-state index contributed by atoms with van der Waals surface area (Å²) in [4.78, 5) is 28.5. The lowest BCUT2D eigenvalue weighted by atomic mass is 10.2. The van der Waals surface area contributed by atoms with Gasteiger partial charge in [-0.25, -0.2) is 9.18 Å². The van der Waals surface area contributed by atoms with Gasteiger partial charge in [-0.15, -0.1) is 0 Å². The molecule has 144 valence electrons. The number of hydrogen-bond acceptors (Lipinski definition) is 5. The van der Waals surface area contributed by atoms with Crippen molar-refractivity contribution in [3.63, 3.8) is 0 Å². The van der Waals surface area contributed by atoms with Gasteiger partial charge in [-0.3, -0.25) is 19.2 Å². The number of anilines is 1. The van der Waals surface area contributed by atoms with E-state index in [9.17, 15) is 19.1 Å². The Morgan fingerprint density at radius 3 is 2.96 bits per heavy atom. The summed E-state index contributed by atoms with van der Waals surface area (Å²) >= 11 is 0. The SMILES string of the molecule is CC(=O)NC[C@H]1CN(c2ccc(-n3cc4cccnc4c3O)c(F)c2)C(=O)O1. The van der Waals surface area contributed by atoms with E-state index in [-0.39, 0.29) is 30.6 Å². The molecule has 1 aromatic carbocycles. The topological polar surface area (TPSA) is 96.7 Å². The first-order valence-electron chi connectivity index (χ1n) is 8.61. The summed E-state index contributed by atoms with van der Waals surface area (Å²) in [6.45, 7) is 1.76. The van der Waals surface area contributed by atoms with Crippen LogP contribution in [0.5, 0.6) is 5.88 Å². The highest BCUT2D eigenvalue weighted by Gasteiger charge is 2.32. The fraction of sp³-hybridized carbons (Fsp3) is 0.211. The van der Waals surface area contributed by atoms with Crippen molar-refractivity contribution in [1.82, 2.24) is 14.9 Å². The number of carbonyl (C=O) groups is 2. The van der Waals surface area contributed by atoms with Gasteiger partial charge >= 0.3 is 6.09 Å². The van der Waals surface area contributed by atoms with E-state index in [1.807, 2.05) is 0 Å². The maximum Gasteiger partial charge on any atom is 0.414 e. The Hall–Kier alpha value is -3.62. The summed E-state index contributed by atoms with van der Waals surface area (Å²) in [6.07, 6.45) is 2.01. The van der Waals surface area contributed by atoms with E-state index in [1.165, 1.54) is 28.5 Å². The minimum Gasteiger partial charge on any atom is -0.493 e. The Labute approximate surface area is 159 Å². The fourth-order valence-corrected chi connectivity index (χ4v) is 3.16. The van der Waals surface area contributed by atoms with Crippen molar-refractivity contribution in [2.75, 3.05) is 18.0 Å². The minimum absolute atomic E-state index is 0.126. The molecule has 1 aliphatic heterocycles. The summed E-state index contributed by atoms with van der Waals surface area (Å²) < 4.78 is 21.3. The predicted molar refractivity (Wildman–Crippen MR) is 99.0 cm³/mol. The number of hydrogen-bond donors (Lipinski definition) is 2. The molecular formula is C19H17FN4O4. The van der Waals surface area contributed by atoms with Gasteiger partial charge in [-0.05, 0) is 30.3 Å². The van der Waals surface area contributed by atoms with E-state index in [4.69, 9.17) is 4.74 Å². The summed E-state index contributed by atoms with van der Waals surface area (Å²) in [5.74, 6) is -1.01. The number of aromatic hydroxyl groups is 1. The monoisotopic (exact) mass is 384 g/mol. The number of nitrogens with zero attached hydrogens (tertiary/aromatic N) is 3. The smallest absolute Gasteiger partial charge is 0.414 e. The van der Waals surface area contributed by atoms with Crippen LogP contribution in [0, 0.1) is 5.82 Å². The molecule has 3 heterocycles. The average Bonchev–Trinajstić information content (AvgIpc) is 3.20. The Morgan fingerprint density at radius 1 is 1.43 bits per heavy atom. The van der Waals surface area contributed by atoms with Crippen LogP contribution in [0.25, 0.3) is 16.6 Å². The van der Waals surface area contributed by atoms with Gasteiger partial charge in [0.05, 0.1) is 24.5 Å². The van der Waals surface area contributed by atoms with Gasteiger partial charge in [-0.1, -0.05) is 0 Å². The molecule has 0 saturated carbocycles. The minimum atomic E-state index is -0.619. The van der Waals surface area contributed by atoms with Gasteiger partial charge in [0.1, 0.15) is 17.4 Å². The summed E-state index contributed by atoms with van der Waals surface area (Å²) in [5.41, 5.74) is 0.822. The first-order valence-corrected chi connectivity index (χ1v) is 8.61. The molecule has 0 spiro atoms. The molecule has 0 unspecified atom stereocenters. The highest BCUT2D eigenvalue weighted by molar-refractivity contribution is 5.90. The van der Waals surface area contributed by atoms with Crippen molar-refractivity contribution >= 4 is 28.6 Å². The highest BCUT2D eigenvalue weighted by Crippen LogP contribution is 2.31. The van der Waals surface area contributed by atoms with Gasteiger partial charge < -0.3 is 15.2 Å². The molecule has 2 amide bonds. The number of pyridine rings is 1. The van der Waals surface area contributed by atoms with Crippen LogP contribution in [0.2, 0.25) is 0 Å². The Morgan fingerprint density at radius 2 is 2.25 bits per heavy atom. The number of ether oxygens (including phenoxy) is 1. The van der Waals surface area contributed by atoms with E-state index >= 15 is 0 Å². The van der Waals surface area contributed by atoms with Crippen LogP contribution in [0.1, 0.15) is 6.92 Å². The Kier molecular flexibility index (Phi) is 4.34. The lowest BCUT2D eigenvalue weighted by Gasteiger charge is -2.15. The third-order valence-electron chi connectivity index (χ3n) is 4.50. The normalized spacial score (nSPS) is 16.4. The predicted octanol–water partition coefficient (Wildman–Crippen LogP) is 2.33. The summed E-state index contributed by atoms with van der Waals surface area (Å²) in [5, 5.41) is 13.6. The van der Waals surface area contributed by atoms with Gasteiger partial charge in [-0.2, -0.15) is 0 Å². The van der Waals surface area contributed by atoms with Crippen LogP contribution in [-0.4, -0.2) is 45.9 Å². The molecule has 1 fully saturated rings. The number of fused-ring (bicyclic) bond motifs is 1. The number of benzene rings is 1. The molecule has 28 heavy (non-hydrogen) atoms. The van der Waals surface area contributed by atoms with Crippen molar-refractivity contribution in [3.8, 4) is 11.6 Å². The van der Waals surface area contributed by atoms with Gasteiger partial charge in [0.2, 0.25) is 11.8 Å². The quantitative estimate of drug-likeness (QED) is 0.720. The zero-order chi connectivity index (χ0) is 19.8. The molecule has 0 bridgehead atoms. The Balaban J connectivity index is 1.60. The highest BCUT2D eigenvalue weighted by atomic mass is 19.1. The summed E-state index contributed by atoms with van der Waals surface area (Å²) in [7, 11) is 0. The third kappa shape index (κ3) is 3.11. The van der Waals surface area contributed by atoms with Crippen molar-refractivity contribution in [2.45, 2.75) is 13.0 Å². The molecule has 3 aromatic rings. The zero-order valence-corrected chi connectivity index (χ0v) is 14.9. The lowest BCUT2D eigenvalue weighted by Crippen LogP contribution is -2.33. The Bertz CT molecular complexity index is 1080. The molecule has 1 aliphatic rings. The molecule has 1 atom stereocenters. The number of amides is 2. The molecule has 0 radical (unpaired) electrons. The first-order chi connectivity index (χ1) is 13.4. The van der Waals surface area contributed by atoms with E-state index in [1.54, 1.807) is 30.6 Å². The lowest BCUT2D eigenvalue weighted by molar-refractivity contribution is -0.119. The van der Waals surface area contributed by atoms with E-state index in [0.717, 1.165) is 0 Å². The van der Waals surface area contributed by atoms with Gasteiger partial charge in [0.25, 0.3) is 0 Å². The number of cyclic esters (lactones) is 1. The molecule has 8 nitrogen and oxygen atoms in total. The maximum atomic E-state index is 14.8. The van der Waals surface area contributed by atoms with Crippen molar-refractivity contribution < 1.29 is 23.8 Å². The molecule has 1 saturated heterocycles. The summed E-state index contributed by atoms with van der Waals surface area (Å²) in [6, 6.07) is 7.73. The van der Waals surface area contributed by atoms with E-state index in [0.29, 0.717) is 16.6 Å². The molecule has 4 rings (SSSR count). The maximum absolute atomic E-state index is 14.8. The van der Waals surface area contributed by atoms with E-state index in [2.05, 4.69) is 10.3 Å². The molecular weight excluding hydrogens is 367 g/mol. The van der Waals surface area contributed by atoms with Gasteiger partial charge in [0, 0.05) is 24.7 Å². The molecule has 2 N–H and O–H groups in total. The number of nitrogens with one attached hydrogen (secondary N) is 1. The van der Waals surface area contributed by atoms with E-state index < -0.39 is 18.0 Å². The standard InChI is InChI=1S/C19H17FN4O4/c1-11(25)22-8-14-10-23(19(27)28-14)13-4-5-16(15(20)7-13)24-9-12-3-2-6-21-17(12)18(24)26/h2-7,9,14,26H,8,10H2,1H3,(H,22,25)/t14-/m0/s1. The number of rotatable bonds is 4. The van der Waals surface area contributed by atoms with Crippen molar-refractivity contribution in [2.24, 2.45) is 0 Å². The average molecular weight is 384 g/mol. The largest absolute Gasteiger partial charge is 0.493 e. The van der Waals surface area contributed by atoms with Crippen LogP contribution in [-0.2, 0) is 9.53 Å². The molecule has 2 aromatic heterocycles. The van der Waals surface area contributed by atoms with Crippen LogP contribution < -0.4 is 10.2 Å². The van der Waals surface area contributed by atoms with Crippen LogP contribution in [0.3, 0.4) is 0 Å². The second-order valence-electron chi connectivity index (χ2n) is 6.45. The van der Waals surface area contributed by atoms with Crippen molar-refractivity contribution in [1.29, 1.82) is 0 Å². The second-order valence-corrected chi connectivity index (χ2v) is 6.45. The first kappa shape index (κ1) is 17.8. The number of halogens is 1. The van der Waals surface area contributed by atoms with Crippen LogP contribution in [0.15, 0.2) is 42.7 Å². The van der Waals surface area contributed by atoms with Crippen molar-refractivity contribution in [3.05, 3.63) is 48.5 Å². The molecule has 0 aliphatic carbocycles. The van der Waals surface area contributed by atoms with Gasteiger partial charge in [0.15, 0.2) is 0 Å². The number of aromatic nitrogens is 2. The zero-order valence-electron chi connectivity index (χ0n) is 14.9. The van der Waals surface area contributed by atoms with Crippen LogP contribution in [0.4, 0.5) is 14.9 Å². The third-order valence-corrected chi connectivity index (χ3v) is 4.50. The fourth-order valence-electron chi connectivity index (χ4n) is 3.16.